The first-order valence-electron chi connectivity index (χ1n) is 6.48. The van der Waals surface area contributed by atoms with E-state index in [1.54, 1.807) is 0 Å². The second-order valence-corrected chi connectivity index (χ2v) is 4.91. The quantitative estimate of drug-likeness (QED) is 0.653. The number of halogens is 1. The zero-order chi connectivity index (χ0) is 14.2. The van der Waals surface area contributed by atoms with E-state index in [4.69, 9.17) is 4.74 Å². The van der Waals surface area contributed by atoms with Gasteiger partial charge in [-0.1, -0.05) is 36.4 Å². The van der Waals surface area contributed by atoms with E-state index in [2.05, 4.69) is 33.0 Å². The molecule has 0 atom stereocenters. The van der Waals surface area contributed by atoms with Gasteiger partial charge in [0.25, 0.3) is 0 Å². The van der Waals surface area contributed by atoms with Crippen LogP contribution in [0.5, 0.6) is 5.75 Å². The van der Waals surface area contributed by atoms with Crippen LogP contribution >= 0.6 is 15.9 Å². The van der Waals surface area contributed by atoms with Crippen molar-refractivity contribution in [1.29, 1.82) is 0 Å². The van der Waals surface area contributed by atoms with E-state index < -0.39 is 0 Å². The smallest absolute Gasteiger partial charge is 0.133 e. The van der Waals surface area contributed by atoms with Crippen LogP contribution in [0, 0.1) is 0 Å². The number of hydrogen-bond acceptors (Lipinski definition) is 2. The molecule has 1 heterocycles. The molecule has 0 unspecified atom stereocenters. The molecule has 0 saturated carbocycles. The summed E-state index contributed by atoms with van der Waals surface area (Å²) in [6.07, 6.45) is 1.81. The molecule has 0 aliphatic carbocycles. The Morgan fingerprint density at radius 2 is 1.65 bits per heavy atom. The molecule has 3 rings (SSSR count). The van der Waals surface area contributed by atoms with Crippen molar-refractivity contribution in [3.05, 3.63) is 71.3 Å². The molecule has 102 valence electrons. The predicted octanol–water partition coefficient (Wildman–Crippen LogP) is 5.08. The molecule has 0 bridgehead atoms. The first-order chi connectivity index (χ1) is 9.81. The number of rotatable bonds is 2. The molecule has 2 aromatic carbocycles. The monoisotopic (exact) mass is 329 g/mol. The minimum absolute atomic E-state index is 0.711. The van der Waals surface area contributed by atoms with Crippen molar-refractivity contribution in [2.75, 3.05) is 6.61 Å². The van der Waals surface area contributed by atoms with Gasteiger partial charge in [0.05, 0.1) is 16.6 Å². The largest absolute Gasteiger partial charge is 0.493 e. The van der Waals surface area contributed by atoms with E-state index in [1.807, 2.05) is 61.7 Å². The lowest BCUT2D eigenvalue weighted by molar-refractivity contribution is 0.338. The summed E-state index contributed by atoms with van der Waals surface area (Å²) < 4.78 is 6.30. The normalized spacial score (nSPS) is 9.70. The molecule has 0 fully saturated rings. The number of nitrogens with zero attached hydrogens (tertiary/aromatic N) is 1. The van der Waals surface area contributed by atoms with Gasteiger partial charge in [-0.25, -0.2) is 0 Å². The average molecular weight is 330 g/mol. The van der Waals surface area contributed by atoms with Gasteiger partial charge < -0.3 is 4.74 Å². The molecule has 0 amide bonds. The van der Waals surface area contributed by atoms with E-state index in [1.165, 1.54) is 5.39 Å². The Morgan fingerprint density at radius 3 is 2.40 bits per heavy atom. The minimum Gasteiger partial charge on any atom is -0.493 e. The standard InChI is InChI=1S/C9H7N.C8H9BrO/c1-2-6-9-8(4-1)5-3-7-10-9;1-2-10-8-6-4-3-5-7(8)9/h1-7H;3-6H,2H2,1H3. The fourth-order valence-corrected chi connectivity index (χ4v) is 2.13. The lowest BCUT2D eigenvalue weighted by atomic mass is 10.2. The van der Waals surface area contributed by atoms with Gasteiger partial charge in [0.15, 0.2) is 0 Å². The molecule has 0 spiro atoms. The number of benzene rings is 2. The predicted molar refractivity (Wildman–Crippen MR) is 87.1 cm³/mol. The number of fused-ring (bicyclic) bond motifs is 1. The molecule has 0 aliphatic rings. The highest BCUT2D eigenvalue weighted by molar-refractivity contribution is 9.10. The van der Waals surface area contributed by atoms with Gasteiger partial charge in [0.2, 0.25) is 0 Å². The average Bonchev–Trinajstić information content (AvgIpc) is 2.51. The maximum Gasteiger partial charge on any atom is 0.133 e. The fourth-order valence-electron chi connectivity index (χ4n) is 1.73. The topological polar surface area (TPSA) is 22.1 Å². The van der Waals surface area contributed by atoms with Crippen molar-refractivity contribution in [3.63, 3.8) is 0 Å². The van der Waals surface area contributed by atoms with Gasteiger partial charge in [-0.3, -0.25) is 4.98 Å². The molecule has 0 radical (unpaired) electrons. The highest BCUT2D eigenvalue weighted by Crippen LogP contribution is 2.23. The maximum absolute atomic E-state index is 5.29. The van der Waals surface area contributed by atoms with Gasteiger partial charge in [-0.15, -0.1) is 0 Å². The summed E-state index contributed by atoms with van der Waals surface area (Å²) in [4.78, 5) is 4.18. The maximum atomic E-state index is 5.29. The van der Waals surface area contributed by atoms with E-state index in [9.17, 15) is 0 Å². The van der Waals surface area contributed by atoms with Crippen LogP contribution in [-0.2, 0) is 0 Å². The molecule has 0 aliphatic heterocycles. The first kappa shape index (κ1) is 14.5. The summed E-state index contributed by atoms with van der Waals surface area (Å²) in [6, 6.07) is 19.9. The third-order valence-corrected chi connectivity index (χ3v) is 3.30. The van der Waals surface area contributed by atoms with Gasteiger partial charge in [0.1, 0.15) is 5.75 Å². The zero-order valence-corrected chi connectivity index (χ0v) is 12.9. The van der Waals surface area contributed by atoms with Crippen LogP contribution in [0.4, 0.5) is 0 Å². The Hall–Kier alpha value is -1.87. The summed E-state index contributed by atoms with van der Waals surface area (Å²) in [7, 11) is 0. The number of pyridine rings is 1. The second-order valence-electron chi connectivity index (χ2n) is 4.06. The van der Waals surface area contributed by atoms with Crippen molar-refractivity contribution in [1.82, 2.24) is 4.98 Å². The molecule has 2 nitrogen and oxygen atoms in total. The minimum atomic E-state index is 0.711. The first-order valence-corrected chi connectivity index (χ1v) is 7.27. The highest BCUT2D eigenvalue weighted by Gasteiger charge is 1.95. The van der Waals surface area contributed by atoms with Crippen molar-refractivity contribution >= 4 is 26.8 Å². The van der Waals surface area contributed by atoms with Crippen LogP contribution in [0.1, 0.15) is 6.92 Å². The van der Waals surface area contributed by atoms with Gasteiger partial charge >= 0.3 is 0 Å². The van der Waals surface area contributed by atoms with Crippen molar-refractivity contribution in [3.8, 4) is 5.75 Å². The lowest BCUT2D eigenvalue weighted by Gasteiger charge is -2.03. The van der Waals surface area contributed by atoms with Crippen LogP contribution in [0.2, 0.25) is 0 Å². The van der Waals surface area contributed by atoms with E-state index >= 15 is 0 Å². The Bertz CT molecular complexity index is 604. The molecule has 0 saturated heterocycles. The molecule has 0 N–H and O–H groups in total. The molecule has 3 aromatic rings. The summed E-state index contributed by atoms with van der Waals surface area (Å²) in [6.45, 7) is 2.68. The molecular weight excluding hydrogens is 314 g/mol. The van der Waals surface area contributed by atoms with E-state index in [0.717, 1.165) is 15.7 Å². The van der Waals surface area contributed by atoms with Crippen LogP contribution in [0.25, 0.3) is 10.9 Å². The van der Waals surface area contributed by atoms with Crippen LogP contribution in [0.3, 0.4) is 0 Å². The van der Waals surface area contributed by atoms with Crippen LogP contribution in [0.15, 0.2) is 71.3 Å². The second kappa shape index (κ2) is 7.65. The van der Waals surface area contributed by atoms with Crippen LogP contribution in [-0.4, -0.2) is 11.6 Å². The lowest BCUT2D eigenvalue weighted by Crippen LogP contribution is -1.91. The number of hydrogen-bond donors (Lipinski definition) is 0. The van der Waals surface area contributed by atoms with E-state index in [0.29, 0.717) is 6.61 Å². The summed E-state index contributed by atoms with van der Waals surface area (Å²) in [5.41, 5.74) is 1.06. The molecule has 3 heteroatoms. The summed E-state index contributed by atoms with van der Waals surface area (Å²) >= 11 is 3.37. The summed E-state index contributed by atoms with van der Waals surface area (Å²) in [5.74, 6) is 0.907. The zero-order valence-electron chi connectivity index (χ0n) is 11.3. The van der Waals surface area contributed by atoms with Crippen molar-refractivity contribution in [2.45, 2.75) is 6.92 Å². The van der Waals surface area contributed by atoms with Crippen molar-refractivity contribution < 1.29 is 4.74 Å². The number of aromatic nitrogens is 1. The van der Waals surface area contributed by atoms with Crippen LogP contribution < -0.4 is 4.74 Å². The number of para-hydroxylation sites is 2. The molecule has 1 aromatic heterocycles. The van der Waals surface area contributed by atoms with Crippen molar-refractivity contribution in [2.24, 2.45) is 0 Å². The molecular formula is C17H16BrNO. The third kappa shape index (κ3) is 4.07. The van der Waals surface area contributed by atoms with Gasteiger partial charge in [-0.05, 0) is 47.1 Å². The van der Waals surface area contributed by atoms with Gasteiger partial charge in [0, 0.05) is 11.6 Å². The summed E-state index contributed by atoms with van der Waals surface area (Å²) in [5, 5.41) is 1.20. The number of ether oxygens (including phenoxy) is 1. The Balaban J connectivity index is 0.000000147. The molecule has 20 heavy (non-hydrogen) atoms. The SMILES string of the molecule is CCOc1ccccc1Br.c1ccc2ncccc2c1. The Labute approximate surface area is 127 Å². The van der Waals surface area contributed by atoms with Gasteiger partial charge in [-0.2, -0.15) is 0 Å². The Kier molecular flexibility index (Phi) is 5.56. The fraction of sp³-hybridized carbons (Fsp3) is 0.118. The van der Waals surface area contributed by atoms with E-state index in [-0.39, 0.29) is 0 Å². The third-order valence-electron chi connectivity index (χ3n) is 2.65. The highest BCUT2D eigenvalue weighted by atomic mass is 79.9. The Morgan fingerprint density at radius 1 is 0.950 bits per heavy atom.